The van der Waals surface area contributed by atoms with Crippen molar-refractivity contribution in [2.24, 2.45) is 5.92 Å². The molecule has 0 spiro atoms. The molecule has 0 bridgehead atoms. The number of rotatable bonds is 5. The fourth-order valence-electron chi connectivity index (χ4n) is 3.55. The quantitative estimate of drug-likeness (QED) is 0.696. The van der Waals surface area contributed by atoms with Crippen molar-refractivity contribution in [3.63, 3.8) is 0 Å². The van der Waals surface area contributed by atoms with Gasteiger partial charge in [-0.3, -0.25) is 4.79 Å². The van der Waals surface area contributed by atoms with Gasteiger partial charge in [-0.05, 0) is 62.1 Å². The van der Waals surface area contributed by atoms with E-state index in [9.17, 15) is 4.79 Å². The Kier molecular flexibility index (Phi) is 5.60. The second-order valence-corrected chi connectivity index (χ2v) is 7.73. The summed E-state index contributed by atoms with van der Waals surface area (Å²) in [6.45, 7) is 6.35. The summed E-state index contributed by atoms with van der Waals surface area (Å²) in [6, 6.07) is 17.0. The molecule has 150 valence electrons. The number of anilines is 1. The standard InChI is InChI=1S/C23H26N4O2/c1-16-12-14-27(15-13-16)20-10-8-18(9-11-20)21-25-23(29-26-21)17(2)24-22(28)19-6-4-3-5-7-19/h3-11,16-17H,12-15H2,1-2H3,(H,24,28)/t17-/m0/s1. The van der Waals surface area contributed by atoms with Gasteiger partial charge in [0.15, 0.2) is 0 Å². The molecular formula is C23H26N4O2. The third-order valence-corrected chi connectivity index (χ3v) is 5.47. The highest BCUT2D eigenvalue weighted by Gasteiger charge is 2.19. The highest BCUT2D eigenvalue weighted by Crippen LogP contribution is 2.26. The lowest BCUT2D eigenvalue weighted by Crippen LogP contribution is -2.32. The molecule has 1 aliphatic rings. The van der Waals surface area contributed by atoms with E-state index in [1.54, 1.807) is 12.1 Å². The van der Waals surface area contributed by atoms with E-state index >= 15 is 0 Å². The van der Waals surface area contributed by atoms with Gasteiger partial charge in [-0.1, -0.05) is 30.3 Å². The van der Waals surface area contributed by atoms with Crippen molar-refractivity contribution < 1.29 is 9.32 Å². The molecule has 1 N–H and O–H groups in total. The fourth-order valence-corrected chi connectivity index (χ4v) is 3.55. The summed E-state index contributed by atoms with van der Waals surface area (Å²) in [5.74, 6) is 1.56. The number of carbonyl (C=O) groups excluding carboxylic acids is 1. The van der Waals surface area contributed by atoms with E-state index < -0.39 is 0 Å². The first-order valence-electron chi connectivity index (χ1n) is 10.1. The molecule has 1 aromatic heterocycles. The number of aromatic nitrogens is 2. The van der Waals surface area contributed by atoms with Crippen molar-refractivity contribution in [1.29, 1.82) is 0 Å². The van der Waals surface area contributed by atoms with E-state index in [4.69, 9.17) is 4.52 Å². The summed E-state index contributed by atoms with van der Waals surface area (Å²) in [6.07, 6.45) is 2.48. The largest absolute Gasteiger partial charge is 0.372 e. The second kappa shape index (κ2) is 8.47. The maximum atomic E-state index is 12.3. The number of hydrogen-bond donors (Lipinski definition) is 1. The molecule has 29 heavy (non-hydrogen) atoms. The van der Waals surface area contributed by atoms with Crippen molar-refractivity contribution in [2.45, 2.75) is 32.7 Å². The van der Waals surface area contributed by atoms with Crippen molar-refractivity contribution in [1.82, 2.24) is 15.5 Å². The average Bonchev–Trinajstić information content (AvgIpc) is 3.25. The summed E-state index contributed by atoms with van der Waals surface area (Å²) in [7, 11) is 0. The van der Waals surface area contributed by atoms with Crippen LogP contribution in [0.25, 0.3) is 11.4 Å². The Morgan fingerprint density at radius 1 is 1.10 bits per heavy atom. The first-order chi connectivity index (χ1) is 14.1. The molecule has 1 amide bonds. The molecule has 0 radical (unpaired) electrons. The van der Waals surface area contributed by atoms with Crippen molar-refractivity contribution >= 4 is 11.6 Å². The SMILES string of the molecule is CC1CCN(c2ccc(-c3noc([C@H](C)NC(=O)c4ccccc4)n3)cc2)CC1. The van der Waals surface area contributed by atoms with Gasteiger partial charge in [0.1, 0.15) is 6.04 Å². The van der Waals surface area contributed by atoms with Crippen LogP contribution >= 0.6 is 0 Å². The van der Waals surface area contributed by atoms with Gasteiger partial charge < -0.3 is 14.7 Å². The van der Waals surface area contributed by atoms with Gasteiger partial charge in [0, 0.05) is 29.9 Å². The fraction of sp³-hybridized carbons (Fsp3) is 0.348. The van der Waals surface area contributed by atoms with Gasteiger partial charge in [-0.25, -0.2) is 0 Å². The lowest BCUT2D eigenvalue weighted by Gasteiger charge is -2.32. The zero-order chi connectivity index (χ0) is 20.2. The summed E-state index contributed by atoms with van der Waals surface area (Å²) >= 11 is 0. The smallest absolute Gasteiger partial charge is 0.251 e. The van der Waals surface area contributed by atoms with E-state index in [1.807, 2.05) is 37.3 Å². The third kappa shape index (κ3) is 4.47. The van der Waals surface area contributed by atoms with Gasteiger partial charge in [0.2, 0.25) is 11.7 Å². The molecule has 1 saturated heterocycles. The number of nitrogens with one attached hydrogen (secondary N) is 1. The number of piperidine rings is 1. The first-order valence-corrected chi connectivity index (χ1v) is 10.1. The maximum Gasteiger partial charge on any atom is 0.251 e. The van der Waals surface area contributed by atoms with Gasteiger partial charge in [0.05, 0.1) is 0 Å². The molecule has 3 aromatic rings. The summed E-state index contributed by atoms with van der Waals surface area (Å²) in [5.41, 5.74) is 2.73. The third-order valence-electron chi connectivity index (χ3n) is 5.47. The lowest BCUT2D eigenvalue weighted by molar-refractivity contribution is 0.0932. The topological polar surface area (TPSA) is 71.3 Å². The van der Waals surface area contributed by atoms with Crippen LogP contribution in [0.1, 0.15) is 49.0 Å². The predicted octanol–water partition coefficient (Wildman–Crippen LogP) is 4.46. The van der Waals surface area contributed by atoms with Crippen molar-refractivity contribution in [3.05, 3.63) is 66.1 Å². The number of benzene rings is 2. The summed E-state index contributed by atoms with van der Waals surface area (Å²) in [4.78, 5) is 19.2. The minimum Gasteiger partial charge on any atom is -0.372 e. The van der Waals surface area contributed by atoms with Crippen LogP contribution in [0, 0.1) is 5.92 Å². The Hall–Kier alpha value is -3.15. The Morgan fingerprint density at radius 3 is 2.48 bits per heavy atom. The molecule has 0 unspecified atom stereocenters. The number of carbonyl (C=O) groups is 1. The van der Waals surface area contributed by atoms with Gasteiger partial charge in [-0.15, -0.1) is 0 Å². The van der Waals surface area contributed by atoms with Crippen molar-refractivity contribution in [2.75, 3.05) is 18.0 Å². The Bertz CT molecular complexity index is 945. The molecule has 6 nitrogen and oxygen atoms in total. The van der Waals surface area contributed by atoms with Gasteiger partial charge >= 0.3 is 0 Å². The Balaban J connectivity index is 1.41. The zero-order valence-electron chi connectivity index (χ0n) is 16.8. The molecule has 6 heteroatoms. The number of nitrogens with zero attached hydrogens (tertiary/aromatic N) is 3. The summed E-state index contributed by atoms with van der Waals surface area (Å²) < 4.78 is 5.39. The number of hydrogen-bond acceptors (Lipinski definition) is 5. The molecule has 0 saturated carbocycles. The van der Waals surface area contributed by atoms with Crippen LogP contribution in [-0.4, -0.2) is 29.1 Å². The molecule has 1 aliphatic heterocycles. The van der Waals surface area contributed by atoms with Crippen LogP contribution < -0.4 is 10.2 Å². The molecule has 2 heterocycles. The van der Waals surface area contributed by atoms with E-state index in [1.165, 1.54) is 18.5 Å². The maximum absolute atomic E-state index is 12.3. The van der Waals surface area contributed by atoms with Crippen LogP contribution in [0.2, 0.25) is 0 Å². The first kappa shape index (κ1) is 19.2. The monoisotopic (exact) mass is 390 g/mol. The van der Waals surface area contributed by atoms with Gasteiger partial charge in [-0.2, -0.15) is 4.98 Å². The molecule has 1 atom stereocenters. The zero-order valence-corrected chi connectivity index (χ0v) is 16.8. The molecule has 2 aromatic carbocycles. The van der Waals surface area contributed by atoms with Crippen molar-refractivity contribution in [3.8, 4) is 11.4 Å². The molecule has 4 rings (SSSR count). The molecule has 0 aliphatic carbocycles. The van der Waals surface area contributed by atoms with Crippen LogP contribution in [0.4, 0.5) is 5.69 Å². The normalized spacial score (nSPS) is 15.9. The average molecular weight is 390 g/mol. The number of amides is 1. The summed E-state index contributed by atoms with van der Waals surface area (Å²) in [5, 5.41) is 6.98. The van der Waals surface area contributed by atoms with E-state index in [-0.39, 0.29) is 11.9 Å². The Labute approximate surface area is 170 Å². The minimum atomic E-state index is -0.376. The molecule has 1 fully saturated rings. The van der Waals surface area contributed by atoms with E-state index in [0.717, 1.165) is 24.6 Å². The van der Waals surface area contributed by atoms with Crippen LogP contribution in [0.15, 0.2) is 59.1 Å². The highest BCUT2D eigenvalue weighted by atomic mass is 16.5. The van der Waals surface area contributed by atoms with E-state index in [2.05, 4.69) is 39.4 Å². The van der Waals surface area contributed by atoms with Crippen LogP contribution in [0.5, 0.6) is 0 Å². The highest BCUT2D eigenvalue weighted by molar-refractivity contribution is 5.94. The molecular weight excluding hydrogens is 364 g/mol. The van der Waals surface area contributed by atoms with Crippen LogP contribution in [-0.2, 0) is 0 Å². The second-order valence-electron chi connectivity index (χ2n) is 7.73. The predicted molar refractivity (Wildman–Crippen MR) is 113 cm³/mol. The lowest BCUT2D eigenvalue weighted by atomic mass is 9.98. The van der Waals surface area contributed by atoms with Gasteiger partial charge in [0.25, 0.3) is 5.91 Å². The Morgan fingerprint density at radius 2 is 1.79 bits per heavy atom. The van der Waals surface area contributed by atoms with E-state index in [0.29, 0.717) is 17.3 Å². The van der Waals surface area contributed by atoms with Crippen LogP contribution in [0.3, 0.4) is 0 Å². The minimum absolute atomic E-state index is 0.168.